The number of carbonyl (C=O) groups excluding carboxylic acids is 2. The fourth-order valence-electron chi connectivity index (χ4n) is 4.19. The van der Waals surface area contributed by atoms with Crippen molar-refractivity contribution >= 4 is 23.0 Å². The molecule has 4 rings (SSSR count). The van der Waals surface area contributed by atoms with Gasteiger partial charge in [0.05, 0.1) is 10.7 Å². The Labute approximate surface area is 193 Å². The molecule has 0 atom stereocenters. The zero-order valence-electron chi connectivity index (χ0n) is 18.8. The summed E-state index contributed by atoms with van der Waals surface area (Å²) in [6, 6.07) is 13.3. The molecular weight excluding hydrogens is 420 g/mol. The number of hydrogen-bond acceptors (Lipinski definition) is 5. The van der Waals surface area contributed by atoms with Gasteiger partial charge >= 0.3 is 0 Å². The number of thiazole rings is 1. The number of rotatable bonds is 6. The van der Waals surface area contributed by atoms with Crippen LogP contribution in [0.1, 0.15) is 55.4 Å². The first-order valence-electron chi connectivity index (χ1n) is 11.0. The van der Waals surface area contributed by atoms with Crippen molar-refractivity contribution in [3.8, 4) is 5.75 Å². The lowest BCUT2D eigenvalue weighted by atomic mass is 9.87. The lowest BCUT2D eigenvalue weighted by Gasteiger charge is -2.31. The zero-order chi connectivity index (χ0) is 22.7. The van der Waals surface area contributed by atoms with Crippen molar-refractivity contribution in [2.75, 3.05) is 13.1 Å². The van der Waals surface area contributed by atoms with Crippen LogP contribution in [0.25, 0.3) is 0 Å². The van der Waals surface area contributed by atoms with Gasteiger partial charge in [0.1, 0.15) is 12.4 Å². The monoisotopic (exact) mass is 448 g/mol. The van der Waals surface area contributed by atoms with E-state index in [0.717, 1.165) is 27.4 Å². The summed E-state index contributed by atoms with van der Waals surface area (Å²) in [5.41, 5.74) is 4.49. The summed E-state index contributed by atoms with van der Waals surface area (Å²) in [6.07, 6.45) is 1.38. The topological polar surface area (TPSA) is 59.5 Å². The average Bonchev–Trinajstić information content (AvgIpc) is 3.22. The molecular formula is C26H28N2O3S. The molecule has 1 saturated heterocycles. The first-order chi connectivity index (χ1) is 15.4. The molecule has 0 aliphatic carbocycles. The third-order valence-corrected chi connectivity index (χ3v) is 6.76. The van der Waals surface area contributed by atoms with Crippen molar-refractivity contribution in [2.24, 2.45) is 5.92 Å². The second-order valence-corrected chi connectivity index (χ2v) is 9.49. The highest BCUT2D eigenvalue weighted by atomic mass is 32.1. The number of ether oxygens (including phenoxy) is 1. The van der Waals surface area contributed by atoms with E-state index in [9.17, 15) is 9.59 Å². The van der Waals surface area contributed by atoms with E-state index in [1.165, 1.54) is 0 Å². The Morgan fingerprint density at radius 2 is 1.88 bits per heavy atom. The fourth-order valence-corrected chi connectivity index (χ4v) is 4.79. The molecule has 1 aliphatic rings. The average molecular weight is 449 g/mol. The van der Waals surface area contributed by atoms with Crippen LogP contribution in [0.15, 0.2) is 47.8 Å². The van der Waals surface area contributed by atoms with E-state index in [1.807, 2.05) is 61.4 Å². The molecule has 166 valence electrons. The molecule has 2 aromatic carbocycles. The molecule has 0 N–H and O–H groups in total. The van der Waals surface area contributed by atoms with Gasteiger partial charge in [0, 0.05) is 35.5 Å². The second-order valence-electron chi connectivity index (χ2n) is 8.42. The van der Waals surface area contributed by atoms with Crippen molar-refractivity contribution in [3.05, 3.63) is 80.8 Å². The Balaban J connectivity index is 1.35. The molecule has 1 aliphatic heterocycles. The Kier molecular flexibility index (Phi) is 6.70. The number of aryl methyl sites for hydroxylation is 3. The highest BCUT2D eigenvalue weighted by Gasteiger charge is 2.29. The van der Waals surface area contributed by atoms with Crippen LogP contribution in [0, 0.1) is 26.7 Å². The molecule has 32 heavy (non-hydrogen) atoms. The predicted octanol–water partition coefficient (Wildman–Crippen LogP) is 5.38. The van der Waals surface area contributed by atoms with Crippen molar-refractivity contribution in [1.29, 1.82) is 0 Å². The van der Waals surface area contributed by atoms with Gasteiger partial charge in [-0.25, -0.2) is 4.98 Å². The maximum atomic E-state index is 13.0. The lowest BCUT2D eigenvalue weighted by Crippen LogP contribution is -2.40. The molecule has 3 aromatic rings. The number of benzene rings is 2. The van der Waals surface area contributed by atoms with Crippen LogP contribution in [-0.2, 0) is 6.61 Å². The number of carbonyl (C=O) groups is 2. The van der Waals surface area contributed by atoms with Crippen LogP contribution in [0.3, 0.4) is 0 Å². The maximum Gasteiger partial charge on any atom is 0.253 e. The molecule has 0 saturated carbocycles. The minimum absolute atomic E-state index is 0.0163. The molecule has 1 aromatic heterocycles. The van der Waals surface area contributed by atoms with E-state index in [4.69, 9.17) is 4.74 Å². The number of ketones is 1. The molecule has 2 heterocycles. The van der Waals surface area contributed by atoms with Crippen LogP contribution < -0.4 is 4.74 Å². The quantitative estimate of drug-likeness (QED) is 0.475. The second kappa shape index (κ2) is 9.65. The summed E-state index contributed by atoms with van der Waals surface area (Å²) < 4.78 is 5.83. The minimum Gasteiger partial charge on any atom is -0.487 e. The summed E-state index contributed by atoms with van der Waals surface area (Å²) in [5, 5.41) is 2.99. The Hall–Kier alpha value is -2.99. The van der Waals surface area contributed by atoms with Crippen LogP contribution in [0.4, 0.5) is 0 Å². The summed E-state index contributed by atoms with van der Waals surface area (Å²) >= 11 is 1.59. The number of piperidine rings is 1. The third-order valence-electron chi connectivity index (χ3n) is 5.93. The Morgan fingerprint density at radius 3 is 2.56 bits per heavy atom. The molecule has 0 spiro atoms. The number of amides is 1. The van der Waals surface area contributed by atoms with Gasteiger partial charge < -0.3 is 9.64 Å². The van der Waals surface area contributed by atoms with Gasteiger partial charge in [0.15, 0.2) is 5.78 Å². The van der Waals surface area contributed by atoms with Gasteiger partial charge in [-0.05, 0) is 57.4 Å². The number of likely N-dealkylation sites (tertiary alicyclic amines) is 1. The van der Waals surface area contributed by atoms with E-state index in [1.54, 1.807) is 17.4 Å². The normalized spacial score (nSPS) is 14.4. The molecule has 5 nitrogen and oxygen atoms in total. The van der Waals surface area contributed by atoms with Gasteiger partial charge in [-0.1, -0.05) is 29.8 Å². The smallest absolute Gasteiger partial charge is 0.253 e. The number of aromatic nitrogens is 1. The van der Waals surface area contributed by atoms with Crippen molar-refractivity contribution < 1.29 is 14.3 Å². The largest absolute Gasteiger partial charge is 0.487 e. The van der Waals surface area contributed by atoms with E-state index < -0.39 is 0 Å². The number of hydrogen-bond donors (Lipinski definition) is 0. The van der Waals surface area contributed by atoms with Crippen LogP contribution in [-0.4, -0.2) is 34.7 Å². The van der Waals surface area contributed by atoms with Gasteiger partial charge in [0.25, 0.3) is 5.91 Å². The first kappa shape index (κ1) is 22.2. The van der Waals surface area contributed by atoms with E-state index >= 15 is 0 Å². The van der Waals surface area contributed by atoms with Crippen LogP contribution in [0.2, 0.25) is 0 Å². The molecule has 1 fully saturated rings. The summed E-state index contributed by atoms with van der Waals surface area (Å²) in [7, 11) is 0. The van der Waals surface area contributed by atoms with Gasteiger partial charge in [-0.15, -0.1) is 11.3 Å². The molecule has 6 heteroatoms. The standard InChI is InChI=1S/C26H28N2O3S/c1-17-7-8-24(18(2)13-17)25(29)20-9-11-28(12-10-20)26(30)21-5-4-6-23(14-21)31-15-22-16-32-19(3)27-22/h4-8,13-14,16,20H,9-12,15H2,1-3H3. The van der Waals surface area contributed by atoms with Gasteiger partial charge in [-0.2, -0.15) is 0 Å². The van der Waals surface area contributed by atoms with Gasteiger partial charge in [-0.3, -0.25) is 9.59 Å². The fraction of sp³-hybridized carbons (Fsp3) is 0.346. The Morgan fingerprint density at radius 1 is 1.09 bits per heavy atom. The molecule has 1 amide bonds. The van der Waals surface area contributed by atoms with E-state index in [0.29, 0.717) is 43.9 Å². The van der Waals surface area contributed by atoms with Crippen molar-refractivity contribution in [3.63, 3.8) is 0 Å². The maximum absolute atomic E-state index is 13.0. The third kappa shape index (κ3) is 5.07. The van der Waals surface area contributed by atoms with Crippen LogP contribution in [0.5, 0.6) is 5.75 Å². The van der Waals surface area contributed by atoms with E-state index in [2.05, 4.69) is 11.1 Å². The summed E-state index contributed by atoms with van der Waals surface area (Å²) in [4.78, 5) is 32.3. The highest BCUT2D eigenvalue weighted by molar-refractivity contribution is 7.09. The van der Waals surface area contributed by atoms with Crippen LogP contribution >= 0.6 is 11.3 Å². The minimum atomic E-state index is -0.0308. The predicted molar refractivity (Wildman–Crippen MR) is 126 cm³/mol. The molecule has 0 radical (unpaired) electrons. The lowest BCUT2D eigenvalue weighted by molar-refractivity contribution is 0.0650. The SMILES string of the molecule is Cc1ccc(C(=O)C2CCN(C(=O)c3cccc(OCc4csc(C)n4)c3)CC2)c(C)c1. The molecule has 0 bridgehead atoms. The summed E-state index contributed by atoms with van der Waals surface area (Å²) in [5.74, 6) is 0.803. The van der Waals surface area contributed by atoms with Crippen molar-refractivity contribution in [1.82, 2.24) is 9.88 Å². The first-order valence-corrected chi connectivity index (χ1v) is 11.8. The molecule has 0 unspecified atom stereocenters. The highest BCUT2D eigenvalue weighted by Crippen LogP contribution is 2.25. The van der Waals surface area contributed by atoms with Crippen molar-refractivity contribution in [2.45, 2.75) is 40.2 Å². The number of Topliss-reactive ketones (excluding diaryl/α,β-unsaturated/α-hetero) is 1. The summed E-state index contributed by atoms with van der Waals surface area (Å²) in [6.45, 7) is 7.54. The Bertz CT molecular complexity index is 1130. The zero-order valence-corrected chi connectivity index (χ0v) is 19.6. The van der Waals surface area contributed by atoms with Gasteiger partial charge in [0.2, 0.25) is 0 Å². The van der Waals surface area contributed by atoms with E-state index in [-0.39, 0.29) is 17.6 Å². The number of nitrogens with zero attached hydrogens (tertiary/aromatic N) is 2.